The number of pyridine rings is 1. The molecule has 110 valence electrons. The largest absolute Gasteiger partial charge is 0.409 e. The van der Waals surface area contributed by atoms with Gasteiger partial charge in [0.05, 0.1) is 22.5 Å². The molecule has 1 aromatic rings. The predicted octanol–water partition coefficient (Wildman–Crippen LogP) is 1.14. The number of oxime groups is 1. The van der Waals surface area contributed by atoms with Gasteiger partial charge < -0.3 is 20.9 Å². The minimum Gasteiger partial charge on any atom is -0.409 e. The number of aromatic nitrogens is 1. The van der Waals surface area contributed by atoms with Crippen molar-refractivity contribution in [2.45, 2.75) is 39.2 Å². The van der Waals surface area contributed by atoms with E-state index in [1.165, 1.54) is 0 Å². The molecule has 0 radical (unpaired) electrons. The van der Waals surface area contributed by atoms with E-state index >= 15 is 0 Å². The molecule has 0 aromatic carbocycles. The van der Waals surface area contributed by atoms with Crippen LogP contribution in [0.3, 0.4) is 0 Å². The first kappa shape index (κ1) is 14.6. The highest BCUT2D eigenvalue weighted by Crippen LogP contribution is 2.29. The van der Waals surface area contributed by atoms with Gasteiger partial charge in [-0.05, 0) is 39.7 Å². The number of hydrogen-bond donors (Lipinski definition) is 3. The van der Waals surface area contributed by atoms with Crippen molar-refractivity contribution in [3.63, 3.8) is 0 Å². The number of nitrogens with two attached hydrogens (primary N) is 1. The van der Waals surface area contributed by atoms with E-state index in [4.69, 9.17) is 10.9 Å². The van der Waals surface area contributed by atoms with Crippen molar-refractivity contribution in [2.75, 3.05) is 18.0 Å². The van der Waals surface area contributed by atoms with Gasteiger partial charge in [-0.15, -0.1) is 0 Å². The molecule has 0 unspecified atom stereocenters. The minimum atomic E-state index is -0.607. The van der Waals surface area contributed by atoms with Crippen molar-refractivity contribution in [2.24, 2.45) is 10.9 Å². The van der Waals surface area contributed by atoms with Gasteiger partial charge in [0.2, 0.25) is 0 Å². The summed E-state index contributed by atoms with van der Waals surface area (Å²) in [7, 11) is 0. The first-order valence-electron chi connectivity index (χ1n) is 6.77. The van der Waals surface area contributed by atoms with Crippen LogP contribution in [0, 0.1) is 13.8 Å². The number of nitrogens with zero attached hydrogens (tertiary/aromatic N) is 3. The molecule has 0 aliphatic carbocycles. The number of piperidine rings is 1. The van der Waals surface area contributed by atoms with Gasteiger partial charge in [-0.1, -0.05) is 5.16 Å². The smallest absolute Gasteiger partial charge is 0.174 e. The molecule has 4 N–H and O–H groups in total. The Bertz CT molecular complexity index is 530. The number of anilines is 1. The highest BCUT2D eigenvalue weighted by atomic mass is 16.4. The fourth-order valence-corrected chi connectivity index (χ4v) is 2.65. The molecule has 1 saturated heterocycles. The molecule has 0 amide bonds. The first-order chi connectivity index (χ1) is 9.34. The molecule has 1 fully saturated rings. The number of amidine groups is 1. The lowest BCUT2D eigenvalue weighted by Gasteiger charge is -2.38. The van der Waals surface area contributed by atoms with Crippen LogP contribution in [-0.2, 0) is 0 Å². The molecular formula is C14H22N4O2. The first-order valence-corrected chi connectivity index (χ1v) is 6.77. The zero-order valence-corrected chi connectivity index (χ0v) is 12.2. The van der Waals surface area contributed by atoms with Crippen LogP contribution in [0.1, 0.15) is 36.7 Å². The van der Waals surface area contributed by atoms with Gasteiger partial charge in [0, 0.05) is 18.8 Å². The Morgan fingerprint density at radius 1 is 1.40 bits per heavy atom. The van der Waals surface area contributed by atoms with Crippen molar-refractivity contribution in [1.29, 1.82) is 0 Å². The maximum absolute atomic E-state index is 10.0. The SMILES string of the molecule is Cc1cc(N2CCC(C)(O)CC2)c(/C(N)=N/O)c(C)n1. The van der Waals surface area contributed by atoms with Crippen LogP contribution < -0.4 is 10.6 Å². The summed E-state index contributed by atoms with van der Waals surface area (Å²) >= 11 is 0. The highest BCUT2D eigenvalue weighted by molar-refractivity contribution is 6.03. The van der Waals surface area contributed by atoms with E-state index in [0.717, 1.165) is 30.2 Å². The molecule has 0 atom stereocenters. The maximum atomic E-state index is 10.0. The molecule has 1 aliphatic rings. The van der Waals surface area contributed by atoms with Crippen LogP contribution in [-0.4, -0.2) is 39.8 Å². The number of hydrogen-bond acceptors (Lipinski definition) is 5. The van der Waals surface area contributed by atoms with Gasteiger partial charge in [-0.3, -0.25) is 4.98 Å². The molecule has 0 bridgehead atoms. The van der Waals surface area contributed by atoms with Gasteiger partial charge in [0.15, 0.2) is 5.84 Å². The van der Waals surface area contributed by atoms with Gasteiger partial charge in [0.25, 0.3) is 0 Å². The molecular weight excluding hydrogens is 256 g/mol. The van der Waals surface area contributed by atoms with E-state index in [1.54, 1.807) is 0 Å². The third kappa shape index (κ3) is 2.85. The molecule has 1 aliphatic heterocycles. The second-order valence-corrected chi connectivity index (χ2v) is 5.71. The van der Waals surface area contributed by atoms with E-state index in [-0.39, 0.29) is 5.84 Å². The van der Waals surface area contributed by atoms with E-state index in [2.05, 4.69) is 15.0 Å². The minimum absolute atomic E-state index is 0.0716. The van der Waals surface area contributed by atoms with Crippen LogP contribution in [0.4, 0.5) is 5.69 Å². The molecule has 20 heavy (non-hydrogen) atoms. The average molecular weight is 278 g/mol. The van der Waals surface area contributed by atoms with Crippen LogP contribution in [0.5, 0.6) is 0 Å². The molecule has 6 heteroatoms. The second-order valence-electron chi connectivity index (χ2n) is 5.71. The van der Waals surface area contributed by atoms with Gasteiger partial charge in [-0.2, -0.15) is 0 Å². The van der Waals surface area contributed by atoms with Crippen molar-refractivity contribution in [3.8, 4) is 0 Å². The Labute approximate surface area is 118 Å². The number of aliphatic hydroxyl groups is 1. The van der Waals surface area contributed by atoms with E-state index < -0.39 is 5.60 Å². The number of aryl methyl sites for hydroxylation is 2. The van der Waals surface area contributed by atoms with Crippen LogP contribution in [0.15, 0.2) is 11.2 Å². The highest BCUT2D eigenvalue weighted by Gasteiger charge is 2.29. The molecule has 0 spiro atoms. The lowest BCUT2D eigenvalue weighted by molar-refractivity contribution is 0.0351. The Morgan fingerprint density at radius 2 is 2.00 bits per heavy atom. The van der Waals surface area contributed by atoms with Gasteiger partial charge in [0.1, 0.15) is 0 Å². The molecule has 1 aromatic heterocycles. The Kier molecular flexibility index (Phi) is 3.85. The Morgan fingerprint density at radius 3 is 2.55 bits per heavy atom. The third-order valence-electron chi connectivity index (χ3n) is 3.85. The predicted molar refractivity (Wildman–Crippen MR) is 78.3 cm³/mol. The summed E-state index contributed by atoms with van der Waals surface area (Å²) in [4.78, 5) is 6.54. The van der Waals surface area contributed by atoms with Crippen molar-refractivity contribution < 1.29 is 10.3 Å². The van der Waals surface area contributed by atoms with E-state index in [0.29, 0.717) is 18.4 Å². The lowest BCUT2D eigenvalue weighted by atomic mass is 9.93. The van der Waals surface area contributed by atoms with Crippen LogP contribution >= 0.6 is 0 Å². The quantitative estimate of drug-likeness (QED) is 0.326. The Hall–Kier alpha value is -1.82. The molecule has 6 nitrogen and oxygen atoms in total. The van der Waals surface area contributed by atoms with Gasteiger partial charge in [-0.25, -0.2) is 0 Å². The summed E-state index contributed by atoms with van der Waals surface area (Å²) in [5, 5.41) is 22.1. The fourth-order valence-electron chi connectivity index (χ4n) is 2.65. The maximum Gasteiger partial charge on any atom is 0.174 e. The van der Waals surface area contributed by atoms with E-state index in [1.807, 2.05) is 26.8 Å². The van der Waals surface area contributed by atoms with Crippen molar-refractivity contribution >= 4 is 11.5 Å². The van der Waals surface area contributed by atoms with Crippen LogP contribution in [0.2, 0.25) is 0 Å². The standard InChI is InChI=1S/C14H22N4O2/c1-9-8-11(12(10(2)16-9)13(15)17-20)18-6-4-14(3,19)5-7-18/h8,19-20H,4-7H2,1-3H3,(H2,15,17). The average Bonchev–Trinajstić information content (AvgIpc) is 2.37. The van der Waals surface area contributed by atoms with Crippen LogP contribution in [0.25, 0.3) is 0 Å². The third-order valence-corrected chi connectivity index (χ3v) is 3.85. The topological polar surface area (TPSA) is 95.0 Å². The zero-order chi connectivity index (χ0) is 14.9. The normalized spacial score (nSPS) is 19.2. The summed E-state index contributed by atoms with van der Waals surface area (Å²) in [5.74, 6) is 0.0716. The molecule has 0 saturated carbocycles. The summed E-state index contributed by atoms with van der Waals surface area (Å²) in [6.45, 7) is 7.11. The Balaban J connectivity index is 2.41. The second kappa shape index (κ2) is 5.28. The monoisotopic (exact) mass is 278 g/mol. The number of rotatable bonds is 2. The molecule has 2 rings (SSSR count). The summed E-state index contributed by atoms with van der Waals surface area (Å²) in [6, 6.07) is 1.94. The summed E-state index contributed by atoms with van der Waals surface area (Å²) < 4.78 is 0. The summed E-state index contributed by atoms with van der Waals surface area (Å²) in [5.41, 5.74) is 8.40. The summed E-state index contributed by atoms with van der Waals surface area (Å²) in [6.07, 6.45) is 1.39. The molecule has 2 heterocycles. The van der Waals surface area contributed by atoms with E-state index in [9.17, 15) is 5.11 Å². The van der Waals surface area contributed by atoms with Gasteiger partial charge >= 0.3 is 0 Å². The van der Waals surface area contributed by atoms with Crippen molar-refractivity contribution in [1.82, 2.24) is 4.98 Å². The fraction of sp³-hybridized carbons (Fsp3) is 0.571. The lowest BCUT2D eigenvalue weighted by Crippen LogP contribution is -2.43. The zero-order valence-electron chi connectivity index (χ0n) is 12.2. The van der Waals surface area contributed by atoms with Crippen molar-refractivity contribution in [3.05, 3.63) is 23.0 Å².